The van der Waals surface area contributed by atoms with Crippen LogP contribution in [-0.2, 0) is 21.2 Å². The Morgan fingerprint density at radius 1 is 1.38 bits per heavy atom. The molecule has 0 spiro atoms. The maximum absolute atomic E-state index is 12.4. The minimum Gasteiger partial charge on any atom is -0.312 e. The maximum Gasteiger partial charge on any atom is 0.241 e. The van der Waals surface area contributed by atoms with E-state index in [1.54, 1.807) is 11.0 Å². The zero-order valence-electron chi connectivity index (χ0n) is 12.3. The van der Waals surface area contributed by atoms with Crippen molar-refractivity contribution in [3.63, 3.8) is 0 Å². The lowest BCUT2D eigenvalue weighted by atomic mass is 10.1. The summed E-state index contributed by atoms with van der Waals surface area (Å²) in [6.07, 6.45) is 3.03. The summed E-state index contributed by atoms with van der Waals surface area (Å²) in [5.74, 6) is 0.0381. The highest BCUT2D eigenvalue weighted by atomic mass is 32.2. The van der Waals surface area contributed by atoms with Crippen molar-refractivity contribution < 1.29 is 13.2 Å². The van der Waals surface area contributed by atoms with Gasteiger partial charge in [0.1, 0.15) is 0 Å². The summed E-state index contributed by atoms with van der Waals surface area (Å²) >= 11 is 0. The van der Waals surface area contributed by atoms with Crippen LogP contribution in [-0.4, -0.2) is 26.9 Å². The predicted octanol–water partition coefficient (Wildman–Crippen LogP) is 1.73. The Bertz CT molecular complexity index is 693. The van der Waals surface area contributed by atoms with Crippen LogP contribution in [0.2, 0.25) is 0 Å². The number of fused-ring (bicyclic) bond motifs is 1. The van der Waals surface area contributed by atoms with Crippen LogP contribution in [0.5, 0.6) is 0 Å². The lowest BCUT2D eigenvalue weighted by Crippen LogP contribution is -2.29. The molecule has 5 nitrogen and oxygen atoms in total. The van der Waals surface area contributed by atoms with Gasteiger partial charge in [0, 0.05) is 24.7 Å². The molecular formula is C15H20N2O3S. The molecule has 0 radical (unpaired) electrons. The lowest BCUT2D eigenvalue weighted by Gasteiger charge is -2.18. The summed E-state index contributed by atoms with van der Waals surface area (Å²) in [7, 11) is -3.49. The number of benzene rings is 1. The maximum atomic E-state index is 12.4. The van der Waals surface area contributed by atoms with E-state index in [1.807, 2.05) is 19.9 Å². The Morgan fingerprint density at radius 3 is 2.71 bits per heavy atom. The molecule has 0 unspecified atom stereocenters. The molecule has 1 amide bonds. The molecule has 1 aromatic carbocycles. The molecular weight excluding hydrogens is 288 g/mol. The molecule has 6 heteroatoms. The topological polar surface area (TPSA) is 66.5 Å². The van der Waals surface area contributed by atoms with Gasteiger partial charge in [-0.3, -0.25) is 4.79 Å². The van der Waals surface area contributed by atoms with E-state index >= 15 is 0 Å². The first-order valence-corrected chi connectivity index (χ1v) is 8.87. The number of aryl methyl sites for hydroxylation is 1. The summed E-state index contributed by atoms with van der Waals surface area (Å²) in [5.41, 5.74) is 2.55. The zero-order valence-corrected chi connectivity index (χ0v) is 13.2. The largest absolute Gasteiger partial charge is 0.312 e. The number of nitrogens with zero attached hydrogens (tertiary/aromatic N) is 1. The van der Waals surface area contributed by atoms with E-state index in [1.165, 1.54) is 0 Å². The normalized spacial score (nSPS) is 17.9. The molecule has 3 rings (SSSR count). The van der Waals surface area contributed by atoms with Crippen LogP contribution in [0, 0.1) is 6.92 Å². The second kappa shape index (κ2) is 5.10. The van der Waals surface area contributed by atoms with Crippen molar-refractivity contribution in [1.29, 1.82) is 0 Å². The molecule has 2 aliphatic rings. The second-order valence-corrected chi connectivity index (χ2v) is 7.47. The third-order valence-corrected chi connectivity index (χ3v) is 5.73. The highest BCUT2D eigenvalue weighted by Gasteiger charge is 2.31. The number of sulfonamides is 1. The van der Waals surface area contributed by atoms with E-state index in [4.69, 9.17) is 0 Å². The fraction of sp³-hybridized carbons (Fsp3) is 0.533. The predicted molar refractivity (Wildman–Crippen MR) is 80.9 cm³/mol. The minimum absolute atomic E-state index is 0.0381. The van der Waals surface area contributed by atoms with Gasteiger partial charge < -0.3 is 4.90 Å². The van der Waals surface area contributed by atoms with Crippen LogP contribution in [0.3, 0.4) is 0 Å². The summed E-state index contributed by atoms with van der Waals surface area (Å²) < 4.78 is 27.6. The van der Waals surface area contributed by atoms with Gasteiger partial charge in [0.25, 0.3) is 0 Å². The number of anilines is 1. The first-order valence-electron chi connectivity index (χ1n) is 7.38. The van der Waals surface area contributed by atoms with Gasteiger partial charge in [0.15, 0.2) is 0 Å². The highest BCUT2D eigenvalue weighted by Crippen LogP contribution is 2.34. The van der Waals surface area contributed by atoms with Gasteiger partial charge in [-0.1, -0.05) is 13.0 Å². The molecule has 0 aromatic heterocycles. The molecule has 0 bridgehead atoms. The van der Waals surface area contributed by atoms with Crippen LogP contribution < -0.4 is 9.62 Å². The Hall–Kier alpha value is -1.40. The first-order chi connectivity index (χ1) is 9.92. The summed E-state index contributed by atoms with van der Waals surface area (Å²) in [5, 5.41) is 0. The Morgan fingerprint density at radius 2 is 2.10 bits per heavy atom. The van der Waals surface area contributed by atoms with Gasteiger partial charge in [-0.25, -0.2) is 13.1 Å². The van der Waals surface area contributed by atoms with Gasteiger partial charge >= 0.3 is 0 Å². The van der Waals surface area contributed by atoms with E-state index in [0.29, 0.717) is 17.9 Å². The SMILES string of the molecule is CCC(=O)N1CCc2cc(C)c(S(=O)(=O)NC3CC3)cc21. The van der Waals surface area contributed by atoms with Crippen LogP contribution in [0.15, 0.2) is 17.0 Å². The Kier molecular flexibility index (Phi) is 3.53. The molecule has 1 aliphatic carbocycles. The molecule has 1 aliphatic heterocycles. The number of carbonyl (C=O) groups excluding carboxylic acids is 1. The van der Waals surface area contributed by atoms with E-state index in [2.05, 4.69) is 4.72 Å². The van der Waals surface area contributed by atoms with Crippen molar-refractivity contribution in [2.24, 2.45) is 0 Å². The highest BCUT2D eigenvalue weighted by molar-refractivity contribution is 7.89. The molecule has 1 aromatic rings. The molecule has 1 N–H and O–H groups in total. The molecule has 0 saturated heterocycles. The molecule has 0 atom stereocenters. The van der Waals surface area contributed by atoms with Gasteiger partial charge in [0.05, 0.1) is 4.90 Å². The van der Waals surface area contributed by atoms with Crippen LogP contribution >= 0.6 is 0 Å². The second-order valence-electron chi connectivity index (χ2n) is 5.79. The summed E-state index contributed by atoms with van der Waals surface area (Å²) in [6, 6.07) is 3.64. The van der Waals surface area contributed by atoms with Crippen molar-refractivity contribution in [3.8, 4) is 0 Å². The number of nitrogens with one attached hydrogen (secondary N) is 1. The number of hydrogen-bond acceptors (Lipinski definition) is 3. The van der Waals surface area contributed by atoms with E-state index in [0.717, 1.165) is 36.1 Å². The van der Waals surface area contributed by atoms with Crippen molar-refractivity contribution in [2.45, 2.75) is 50.5 Å². The van der Waals surface area contributed by atoms with Crippen LogP contribution in [0.25, 0.3) is 0 Å². The molecule has 1 heterocycles. The number of amides is 1. The fourth-order valence-electron chi connectivity index (χ4n) is 2.76. The van der Waals surface area contributed by atoms with Crippen molar-refractivity contribution in [1.82, 2.24) is 4.72 Å². The van der Waals surface area contributed by atoms with Crippen molar-refractivity contribution >= 4 is 21.6 Å². The lowest BCUT2D eigenvalue weighted by molar-refractivity contribution is -0.118. The number of hydrogen-bond donors (Lipinski definition) is 1. The minimum atomic E-state index is -3.49. The van der Waals surface area contributed by atoms with E-state index in [-0.39, 0.29) is 11.9 Å². The smallest absolute Gasteiger partial charge is 0.241 e. The quantitative estimate of drug-likeness (QED) is 0.921. The Labute approximate surface area is 125 Å². The van der Waals surface area contributed by atoms with Crippen molar-refractivity contribution in [2.75, 3.05) is 11.4 Å². The van der Waals surface area contributed by atoms with E-state index < -0.39 is 10.0 Å². The van der Waals surface area contributed by atoms with Gasteiger partial charge in [0.2, 0.25) is 15.9 Å². The third-order valence-electron chi connectivity index (χ3n) is 4.06. The summed E-state index contributed by atoms with van der Waals surface area (Å²) in [6.45, 7) is 4.27. The van der Waals surface area contributed by atoms with Crippen LogP contribution in [0.1, 0.15) is 37.3 Å². The molecule has 21 heavy (non-hydrogen) atoms. The monoisotopic (exact) mass is 308 g/mol. The zero-order chi connectivity index (χ0) is 15.2. The standard InChI is InChI=1S/C15H20N2O3S/c1-3-15(18)17-7-6-11-8-10(2)14(9-13(11)17)21(19,20)16-12-4-5-12/h8-9,12,16H,3-7H2,1-2H3. The Balaban J connectivity index is 2.01. The molecule has 1 fully saturated rings. The molecule has 114 valence electrons. The van der Waals surface area contributed by atoms with Crippen molar-refractivity contribution in [3.05, 3.63) is 23.3 Å². The first kappa shape index (κ1) is 14.5. The average Bonchev–Trinajstić information content (AvgIpc) is 3.13. The van der Waals surface area contributed by atoms with Gasteiger partial charge in [-0.2, -0.15) is 0 Å². The number of carbonyl (C=O) groups is 1. The fourth-order valence-corrected chi connectivity index (χ4v) is 4.32. The molecule has 1 saturated carbocycles. The average molecular weight is 308 g/mol. The third kappa shape index (κ3) is 2.70. The summed E-state index contributed by atoms with van der Waals surface area (Å²) in [4.78, 5) is 14.0. The number of rotatable bonds is 4. The van der Waals surface area contributed by atoms with Gasteiger partial charge in [-0.15, -0.1) is 0 Å². The van der Waals surface area contributed by atoms with Gasteiger partial charge in [-0.05, 0) is 43.4 Å². The van der Waals surface area contributed by atoms with Crippen LogP contribution in [0.4, 0.5) is 5.69 Å². The van der Waals surface area contributed by atoms with E-state index in [9.17, 15) is 13.2 Å².